The summed E-state index contributed by atoms with van der Waals surface area (Å²) in [4.78, 5) is 33.7. The van der Waals surface area contributed by atoms with Gasteiger partial charge in [0.2, 0.25) is 5.75 Å². The molecule has 0 spiro atoms. The lowest BCUT2D eigenvalue weighted by molar-refractivity contribution is -0.385. The molecule has 1 aromatic carbocycles. The van der Waals surface area contributed by atoms with Crippen molar-refractivity contribution in [2.45, 2.75) is 12.8 Å². The summed E-state index contributed by atoms with van der Waals surface area (Å²) in [5, 5.41) is 22.8. The molecule has 1 aliphatic rings. The number of nitrogens with zero attached hydrogens (tertiary/aromatic N) is 1. The number of rotatable bonds is 8. The number of hydrogen-bond acceptors (Lipinski definition) is 7. The van der Waals surface area contributed by atoms with E-state index in [9.17, 15) is 24.8 Å². The van der Waals surface area contributed by atoms with E-state index in [2.05, 4.69) is 5.32 Å². The van der Waals surface area contributed by atoms with Crippen molar-refractivity contribution in [1.29, 1.82) is 0 Å². The highest BCUT2D eigenvalue weighted by molar-refractivity contribution is 5.80. The molecule has 1 aromatic rings. The van der Waals surface area contributed by atoms with E-state index in [1.54, 1.807) is 0 Å². The first-order valence-electron chi connectivity index (χ1n) is 7.91. The molecule has 1 heterocycles. The van der Waals surface area contributed by atoms with Crippen LogP contribution in [-0.2, 0) is 14.3 Å². The molecule has 0 bridgehead atoms. The fourth-order valence-electron chi connectivity index (χ4n) is 2.59. The lowest BCUT2D eigenvalue weighted by Crippen LogP contribution is -2.47. The Kier molecular flexibility index (Phi) is 6.34. The van der Waals surface area contributed by atoms with Crippen molar-refractivity contribution in [1.82, 2.24) is 5.32 Å². The minimum absolute atomic E-state index is 0.0138. The molecule has 0 unspecified atom stereocenters. The lowest BCUT2D eigenvalue weighted by atomic mass is 9.80. The number of nitro benzene ring substituents is 1. The summed E-state index contributed by atoms with van der Waals surface area (Å²) in [6, 6.07) is 3.88. The molecule has 10 heteroatoms. The van der Waals surface area contributed by atoms with Gasteiger partial charge in [-0.3, -0.25) is 19.7 Å². The van der Waals surface area contributed by atoms with Gasteiger partial charge in [-0.05, 0) is 18.9 Å². The van der Waals surface area contributed by atoms with Crippen LogP contribution in [0.15, 0.2) is 18.2 Å². The van der Waals surface area contributed by atoms with Gasteiger partial charge >= 0.3 is 11.7 Å². The van der Waals surface area contributed by atoms with E-state index in [4.69, 9.17) is 14.2 Å². The molecule has 0 radical (unpaired) electrons. The van der Waals surface area contributed by atoms with Gasteiger partial charge in [-0.15, -0.1) is 0 Å². The molecule has 142 valence electrons. The number of methoxy groups -OCH3 is 1. The van der Waals surface area contributed by atoms with Gasteiger partial charge in [0.15, 0.2) is 6.61 Å². The zero-order chi connectivity index (χ0) is 19.2. The summed E-state index contributed by atoms with van der Waals surface area (Å²) in [7, 11) is 1.29. The number of nitro groups is 1. The Balaban J connectivity index is 1.90. The molecular weight excluding hydrogens is 348 g/mol. The highest BCUT2D eigenvalue weighted by atomic mass is 16.6. The topological polar surface area (TPSA) is 137 Å². The smallest absolute Gasteiger partial charge is 0.311 e. The largest absolute Gasteiger partial charge is 0.490 e. The highest BCUT2D eigenvalue weighted by Crippen LogP contribution is 2.31. The number of carboxylic acid groups (broad SMARTS) is 1. The molecule has 0 atom stereocenters. The van der Waals surface area contributed by atoms with E-state index in [-0.39, 0.29) is 30.3 Å². The fraction of sp³-hybridized carbons (Fsp3) is 0.500. The van der Waals surface area contributed by atoms with Crippen LogP contribution in [0.5, 0.6) is 11.5 Å². The molecule has 1 aliphatic heterocycles. The van der Waals surface area contributed by atoms with Crippen molar-refractivity contribution in [3.05, 3.63) is 28.3 Å². The number of amides is 1. The minimum atomic E-state index is -1.04. The van der Waals surface area contributed by atoms with Crippen LogP contribution >= 0.6 is 0 Å². The minimum Gasteiger partial charge on any atom is -0.490 e. The van der Waals surface area contributed by atoms with E-state index in [0.29, 0.717) is 26.1 Å². The second-order valence-corrected chi connectivity index (χ2v) is 5.85. The molecule has 0 aromatic heterocycles. The second kappa shape index (κ2) is 8.48. The van der Waals surface area contributed by atoms with Crippen LogP contribution in [0.25, 0.3) is 0 Å². The summed E-state index contributed by atoms with van der Waals surface area (Å²) < 4.78 is 15.4. The summed E-state index contributed by atoms with van der Waals surface area (Å²) in [5.41, 5.74) is -1.25. The third kappa shape index (κ3) is 4.60. The van der Waals surface area contributed by atoms with Crippen molar-refractivity contribution in [2.75, 3.05) is 33.5 Å². The SMILES string of the molecule is COc1cc(OCC(=O)NCC2(C(=O)O)CCOCC2)ccc1[N+](=O)[O-]. The van der Waals surface area contributed by atoms with Crippen LogP contribution < -0.4 is 14.8 Å². The zero-order valence-corrected chi connectivity index (χ0v) is 14.2. The number of hydrogen-bond donors (Lipinski definition) is 2. The van der Waals surface area contributed by atoms with E-state index < -0.39 is 22.2 Å². The predicted molar refractivity (Wildman–Crippen MR) is 88.3 cm³/mol. The average molecular weight is 368 g/mol. The summed E-state index contributed by atoms with van der Waals surface area (Å²) >= 11 is 0. The number of carbonyl (C=O) groups is 2. The Labute approximate surface area is 149 Å². The second-order valence-electron chi connectivity index (χ2n) is 5.85. The van der Waals surface area contributed by atoms with Gasteiger partial charge in [-0.2, -0.15) is 0 Å². The third-order valence-corrected chi connectivity index (χ3v) is 4.25. The van der Waals surface area contributed by atoms with E-state index in [1.807, 2.05) is 0 Å². The Bertz CT molecular complexity index is 685. The fourth-order valence-corrected chi connectivity index (χ4v) is 2.59. The Morgan fingerprint density at radius 2 is 2.08 bits per heavy atom. The molecule has 10 nitrogen and oxygen atoms in total. The van der Waals surface area contributed by atoms with Gasteiger partial charge in [0.1, 0.15) is 5.75 Å². The van der Waals surface area contributed by atoms with Crippen LogP contribution in [0.2, 0.25) is 0 Å². The number of carboxylic acids is 1. The maximum atomic E-state index is 12.0. The number of benzene rings is 1. The van der Waals surface area contributed by atoms with Gasteiger partial charge < -0.3 is 24.6 Å². The predicted octanol–water partition coefficient (Wildman–Crippen LogP) is 0.980. The molecule has 0 saturated carbocycles. The average Bonchev–Trinajstić information content (AvgIpc) is 2.64. The lowest BCUT2D eigenvalue weighted by Gasteiger charge is -2.33. The van der Waals surface area contributed by atoms with Crippen LogP contribution in [0.3, 0.4) is 0 Å². The van der Waals surface area contributed by atoms with Gasteiger partial charge in [0, 0.05) is 31.9 Å². The van der Waals surface area contributed by atoms with Gasteiger partial charge in [-0.25, -0.2) is 0 Å². The normalized spacial score (nSPS) is 15.7. The molecule has 2 N–H and O–H groups in total. The number of nitrogens with one attached hydrogen (secondary N) is 1. The Hall–Kier alpha value is -2.88. The number of ether oxygens (including phenoxy) is 3. The molecule has 1 saturated heterocycles. The first kappa shape index (κ1) is 19.4. The van der Waals surface area contributed by atoms with Gasteiger partial charge in [0.25, 0.3) is 5.91 Å². The van der Waals surface area contributed by atoms with Gasteiger partial charge in [0.05, 0.1) is 17.4 Å². The summed E-state index contributed by atoms with van der Waals surface area (Å²) in [6.45, 7) is 0.299. The van der Waals surface area contributed by atoms with E-state index in [0.717, 1.165) is 0 Å². The number of carbonyl (C=O) groups excluding carboxylic acids is 1. The highest BCUT2D eigenvalue weighted by Gasteiger charge is 2.40. The summed E-state index contributed by atoms with van der Waals surface area (Å²) in [5.74, 6) is -1.22. The van der Waals surface area contributed by atoms with Crippen molar-refractivity contribution in [3.63, 3.8) is 0 Å². The Morgan fingerprint density at radius 3 is 2.65 bits per heavy atom. The first-order chi connectivity index (χ1) is 12.4. The standard InChI is InChI=1S/C16H20N2O8/c1-24-13-8-11(2-3-12(13)18(22)23)26-9-14(19)17-10-16(15(20)21)4-6-25-7-5-16/h2-3,8H,4-7,9-10H2,1H3,(H,17,19)(H,20,21). The van der Waals surface area contributed by atoms with E-state index >= 15 is 0 Å². The van der Waals surface area contributed by atoms with E-state index in [1.165, 1.54) is 25.3 Å². The molecular formula is C16H20N2O8. The monoisotopic (exact) mass is 368 g/mol. The molecule has 26 heavy (non-hydrogen) atoms. The molecule has 2 rings (SSSR count). The quantitative estimate of drug-likeness (QED) is 0.512. The van der Waals surface area contributed by atoms with Crippen molar-refractivity contribution in [3.8, 4) is 11.5 Å². The third-order valence-electron chi connectivity index (χ3n) is 4.25. The van der Waals surface area contributed by atoms with Crippen LogP contribution in [-0.4, -0.2) is 55.4 Å². The Morgan fingerprint density at radius 1 is 1.38 bits per heavy atom. The molecule has 0 aliphatic carbocycles. The van der Waals surface area contributed by atoms with Crippen LogP contribution in [0.1, 0.15) is 12.8 Å². The van der Waals surface area contributed by atoms with Crippen LogP contribution in [0.4, 0.5) is 5.69 Å². The zero-order valence-electron chi connectivity index (χ0n) is 14.2. The van der Waals surface area contributed by atoms with Crippen LogP contribution in [0, 0.1) is 15.5 Å². The summed E-state index contributed by atoms with van der Waals surface area (Å²) in [6.07, 6.45) is 0.645. The molecule has 1 amide bonds. The van der Waals surface area contributed by atoms with Crippen molar-refractivity contribution >= 4 is 17.6 Å². The van der Waals surface area contributed by atoms with Crippen molar-refractivity contribution < 1.29 is 33.8 Å². The van der Waals surface area contributed by atoms with Crippen molar-refractivity contribution in [2.24, 2.45) is 5.41 Å². The maximum Gasteiger partial charge on any atom is 0.311 e. The number of aliphatic carboxylic acids is 1. The maximum absolute atomic E-state index is 12.0. The van der Waals surface area contributed by atoms with Gasteiger partial charge in [-0.1, -0.05) is 0 Å². The molecule has 1 fully saturated rings. The first-order valence-corrected chi connectivity index (χ1v) is 7.91.